The van der Waals surface area contributed by atoms with Gasteiger partial charge in [-0.15, -0.1) is 0 Å². The van der Waals surface area contributed by atoms with Crippen LogP contribution < -0.4 is 16.0 Å². The van der Waals surface area contributed by atoms with E-state index < -0.39 is 17.7 Å². The van der Waals surface area contributed by atoms with E-state index >= 15 is 0 Å². The summed E-state index contributed by atoms with van der Waals surface area (Å²) in [6.45, 7) is -0.0838. The van der Waals surface area contributed by atoms with Crippen molar-refractivity contribution < 1.29 is 18.8 Å². The third kappa shape index (κ3) is 6.71. The number of rotatable bonds is 6. The molecular formula is C23H16Cl2N4O4. The summed E-state index contributed by atoms with van der Waals surface area (Å²) in [6, 6.07) is 18.0. The predicted molar refractivity (Wildman–Crippen MR) is 124 cm³/mol. The van der Waals surface area contributed by atoms with Gasteiger partial charge in [-0.3, -0.25) is 14.4 Å². The Hall–Kier alpha value is -4.06. The van der Waals surface area contributed by atoms with Crippen molar-refractivity contribution in [2.45, 2.75) is 6.54 Å². The van der Waals surface area contributed by atoms with E-state index in [2.05, 4.69) is 16.0 Å². The topological polar surface area (TPSA) is 124 Å². The van der Waals surface area contributed by atoms with Crippen LogP contribution in [0.25, 0.3) is 6.08 Å². The Morgan fingerprint density at radius 1 is 0.879 bits per heavy atom. The van der Waals surface area contributed by atoms with Crippen LogP contribution in [0.4, 0.5) is 11.4 Å². The van der Waals surface area contributed by atoms with Crippen LogP contribution in [0.3, 0.4) is 0 Å². The van der Waals surface area contributed by atoms with E-state index in [0.717, 1.165) is 0 Å². The average molecular weight is 483 g/mol. The van der Waals surface area contributed by atoms with Crippen molar-refractivity contribution >= 4 is 58.4 Å². The fourth-order valence-electron chi connectivity index (χ4n) is 2.59. The van der Waals surface area contributed by atoms with Crippen molar-refractivity contribution in [1.29, 1.82) is 5.26 Å². The van der Waals surface area contributed by atoms with Gasteiger partial charge in [0, 0.05) is 17.5 Å². The predicted octanol–water partition coefficient (Wildman–Crippen LogP) is 4.39. The molecule has 0 saturated carbocycles. The number of benzene rings is 2. The van der Waals surface area contributed by atoms with E-state index in [1.54, 1.807) is 36.4 Å². The smallest absolute Gasteiger partial charge is 0.313 e. The Balaban J connectivity index is 1.56. The molecule has 0 saturated heterocycles. The van der Waals surface area contributed by atoms with Gasteiger partial charge in [0.2, 0.25) is 0 Å². The number of hydrogen-bond donors (Lipinski definition) is 3. The summed E-state index contributed by atoms with van der Waals surface area (Å²) in [6.07, 6.45) is 1.28. The second-order valence-electron chi connectivity index (χ2n) is 6.56. The largest absolute Gasteiger partial charge is 0.460 e. The Bertz CT molecular complexity index is 1260. The zero-order valence-corrected chi connectivity index (χ0v) is 18.4. The molecule has 0 atom stereocenters. The van der Waals surface area contributed by atoms with Crippen LogP contribution in [0.2, 0.25) is 10.0 Å². The summed E-state index contributed by atoms with van der Waals surface area (Å²) in [4.78, 5) is 36.3. The molecule has 3 N–H and O–H groups in total. The molecular weight excluding hydrogens is 467 g/mol. The van der Waals surface area contributed by atoms with Gasteiger partial charge < -0.3 is 20.4 Å². The number of nitrogens with zero attached hydrogens (tertiary/aromatic N) is 1. The Labute approximate surface area is 198 Å². The van der Waals surface area contributed by atoms with Gasteiger partial charge in [-0.25, -0.2) is 0 Å². The van der Waals surface area contributed by atoms with Gasteiger partial charge >= 0.3 is 11.8 Å². The van der Waals surface area contributed by atoms with E-state index in [1.165, 1.54) is 30.3 Å². The van der Waals surface area contributed by atoms with E-state index in [1.807, 2.05) is 6.07 Å². The van der Waals surface area contributed by atoms with Crippen molar-refractivity contribution in [3.05, 3.63) is 87.8 Å². The molecule has 0 aliphatic carbocycles. The molecule has 2 aromatic carbocycles. The molecule has 0 aliphatic rings. The van der Waals surface area contributed by atoms with Gasteiger partial charge in [0.1, 0.15) is 23.2 Å². The van der Waals surface area contributed by atoms with E-state index in [4.69, 9.17) is 27.6 Å². The summed E-state index contributed by atoms with van der Waals surface area (Å²) in [5.41, 5.74) is 0.697. The molecule has 3 aromatic rings. The molecule has 0 radical (unpaired) electrons. The molecule has 0 spiro atoms. The minimum atomic E-state index is -0.899. The number of nitrogens with one attached hydrogen (secondary N) is 3. The molecule has 10 heteroatoms. The summed E-state index contributed by atoms with van der Waals surface area (Å²) >= 11 is 11.7. The lowest BCUT2D eigenvalue weighted by molar-refractivity contribution is -0.136. The molecule has 8 nitrogen and oxygen atoms in total. The normalized spacial score (nSPS) is 10.8. The number of nitriles is 1. The van der Waals surface area contributed by atoms with Gasteiger partial charge in [0.05, 0.1) is 16.6 Å². The van der Waals surface area contributed by atoms with Crippen LogP contribution >= 0.6 is 23.2 Å². The quantitative estimate of drug-likeness (QED) is 0.273. The maximum absolute atomic E-state index is 12.3. The number of halogens is 2. The number of furan rings is 1. The van der Waals surface area contributed by atoms with E-state index in [9.17, 15) is 19.6 Å². The van der Waals surface area contributed by atoms with Crippen molar-refractivity contribution in [1.82, 2.24) is 5.32 Å². The second kappa shape index (κ2) is 11.0. The third-order valence-corrected chi connectivity index (χ3v) is 4.91. The van der Waals surface area contributed by atoms with Crippen LogP contribution in [0, 0.1) is 11.3 Å². The molecule has 1 heterocycles. The Morgan fingerprint density at radius 2 is 1.61 bits per heavy atom. The Kier molecular flexibility index (Phi) is 7.86. The number of carbonyl (C=O) groups is 3. The van der Waals surface area contributed by atoms with Gasteiger partial charge in [-0.2, -0.15) is 5.26 Å². The van der Waals surface area contributed by atoms with Gasteiger partial charge in [-0.05, 0) is 42.5 Å². The minimum Gasteiger partial charge on any atom is -0.460 e. The molecule has 1 aromatic heterocycles. The summed E-state index contributed by atoms with van der Waals surface area (Å²) in [5, 5.41) is 17.3. The number of para-hydroxylation sites is 1. The number of anilines is 2. The van der Waals surface area contributed by atoms with E-state index in [-0.39, 0.29) is 22.9 Å². The molecule has 0 bridgehead atoms. The summed E-state index contributed by atoms with van der Waals surface area (Å²) in [5.74, 6) is -1.83. The number of carbonyl (C=O) groups excluding carboxylic acids is 3. The van der Waals surface area contributed by atoms with Gasteiger partial charge in [0.15, 0.2) is 0 Å². The SMILES string of the molecule is N#C/C(=C/c1ccc(CNC(=O)C(=O)Nc2ccc(Cl)c(Cl)c2)o1)C(=O)Nc1ccccc1. The average Bonchev–Trinajstić information content (AvgIpc) is 3.26. The van der Waals surface area contributed by atoms with Crippen LogP contribution in [0.15, 0.2) is 70.7 Å². The van der Waals surface area contributed by atoms with Crippen LogP contribution in [0.1, 0.15) is 11.5 Å². The molecule has 166 valence electrons. The highest BCUT2D eigenvalue weighted by atomic mass is 35.5. The maximum Gasteiger partial charge on any atom is 0.313 e. The zero-order chi connectivity index (χ0) is 23.8. The van der Waals surface area contributed by atoms with Crippen LogP contribution in [-0.2, 0) is 20.9 Å². The number of amides is 3. The molecule has 33 heavy (non-hydrogen) atoms. The fourth-order valence-corrected chi connectivity index (χ4v) is 2.89. The monoisotopic (exact) mass is 482 g/mol. The summed E-state index contributed by atoms with van der Waals surface area (Å²) < 4.78 is 5.51. The third-order valence-electron chi connectivity index (χ3n) is 4.17. The van der Waals surface area contributed by atoms with E-state index in [0.29, 0.717) is 22.2 Å². The maximum atomic E-state index is 12.3. The van der Waals surface area contributed by atoms with Gasteiger partial charge in [0.25, 0.3) is 5.91 Å². The first-order valence-electron chi connectivity index (χ1n) is 9.47. The van der Waals surface area contributed by atoms with Crippen molar-refractivity contribution in [3.63, 3.8) is 0 Å². The first kappa shape index (κ1) is 23.6. The highest BCUT2D eigenvalue weighted by Crippen LogP contribution is 2.25. The van der Waals surface area contributed by atoms with Gasteiger partial charge in [-0.1, -0.05) is 41.4 Å². The lowest BCUT2D eigenvalue weighted by Crippen LogP contribution is -2.34. The van der Waals surface area contributed by atoms with Crippen LogP contribution in [-0.4, -0.2) is 17.7 Å². The standard InChI is InChI=1S/C23H16Cl2N4O4/c24-19-9-6-16(11-20(19)25)29-23(32)22(31)27-13-18-8-7-17(33-18)10-14(12-26)21(30)28-15-4-2-1-3-5-15/h1-11H,13H2,(H,27,31)(H,28,30)(H,29,32)/b14-10-. The first-order valence-corrected chi connectivity index (χ1v) is 10.2. The highest BCUT2D eigenvalue weighted by molar-refractivity contribution is 6.42. The molecule has 3 rings (SSSR count). The lowest BCUT2D eigenvalue weighted by Gasteiger charge is -2.06. The minimum absolute atomic E-state index is 0.0838. The van der Waals surface area contributed by atoms with Crippen molar-refractivity contribution in [2.75, 3.05) is 10.6 Å². The fraction of sp³-hybridized carbons (Fsp3) is 0.0435. The number of hydrogen-bond acceptors (Lipinski definition) is 5. The van der Waals surface area contributed by atoms with Crippen LogP contribution in [0.5, 0.6) is 0 Å². The molecule has 3 amide bonds. The first-order chi connectivity index (χ1) is 15.9. The molecule has 0 aliphatic heterocycles. The van der Waals surface area contributed by atoms with Crippen molar-refractivity contribution in [2.24, 2.45) is 0 Å². The Morgan fingerprint density at radius 3 is 2.30 bits per heavy atom. The highest BCUT2D eigenvalue weighted by Gasteiger charge is 2.15. The lowest BCUT2D eigenvalue weighted by atomic mass is 10.2. The molecule has 0 fully saturated rings. The summed E-state index contributed by atoms with van der Waals surface area (Å²) in [7, 11) is 0. The zero-order valence-electron chi connectivity index (χ0n) is 16.9. The molecule has 0 unspecified atom stereocenters. The second-order valence-corrected chi connectivity index (χ2v) is 7.37. The van der Waals surface area contributed by atoms with Crippen molar-refractivity contribution in [3.8, 4) is 6.07 Å².